The van der Waals surface area contributed by atoms with Crippen molar-refractivity contribution < 1.29 is 33.0 Å². The molecule has 0 saturated carbocycles. The normalized spacial score (nSPS) is 18.4. The quantitative estimate of drug-likeness (QED) is 0.221. The minimum absolute atomic E-state index is 0.0561. The van der Waals surface area contributed by atoms with E-state index in [4.69, 9.17) is 27.8 Å². The van der Waals surface area contributed by atoms with E-state index >= 15 is 0 Å². The zero-order valence-electron chi connectivity index (χ0n) is 21.2. The van der Waals surface area contributed by atoms with E-state index in [-0.39, 0.29) is 30.6 Å². The molecule has 13 heteroatoms. The van der Waals surface area contributed by atoms with Crippen LogP contribution < -0.4 is 16.2 Å². The first kappa shape index (κ1) is 30.0. The van der Waals surface area contributed by atoms with Gasteiger partial charge in [0.1, 0.15) is 0 Å². The lowest BCUT2D eigenvalue weighted by Gasteiger charge is -2.33. The van der Waals surface area contributed by atoms with Gasteiger partial charge in [-0.15, -0.1) is 0 Å². The molecule has 0 radical (unpaired) electrons. The summed E-state index contributed by atoms with van der Waals surface area (Å²) in [6.45, 7) is 2.88. The number of benzene rings is 2. The highest BCUT2D eigenvalue weighted by atomic mass is 35.5. The van der Waals surface area contributed by atoms with Gasteiger partial charge >= 0.3 is 0 Å². The van der Waals surface area contributed by atoms with Crippen LogP contribution in [-0.4, -0.2) is 80.4 Å². The van der Waals surface area contributed by atoms with Crippen LogP contribution in [0.15, 0.2) is 41.3 Å². The van der Waals surface area contributed by atoms with Crippen LogP contribution in [0.2, 0.25) is 5.02 Å². The first-order valence-corrected chi connectivity index (χ1v) is 13.8. The molecule has 38 heavy (non-hydrogen) atoms. The highest BCUT2D eigenvalue weighted by molar-refractivity contribution is 7.89. The number of aryl methyl sites for hydroxylation is 1. The summed E-state index contributed by atoms with van der Waals surface area (Å²) in [5.74, 6) is -2.71. The third-order valence-electron chi connectivity index (χ3n) is 6.56. The number of carbonyl (C=O) groups excluding carboxylic acids is 2. The molecule has 1 aliphatic rings. The fourth-order valence-electron chi connectivity index (χ4n) is 4.50. The second-order valence-electron chi connectivity index (χ2n) is 9.49. The Morgan fingerprint density at radius 3 is 2.63 bits per heavy atom. The van der Waals surface area contributed by atoms with Gasteiger partial charge in [0.25, 0.3) is 5.91 Å². The number of likely N-dealkylation sites (N-methyl/N-ethyl adjacent to an activating group) is 1. The number of nitrogens with zero attached hydrogens (tertiary/aromatic N) is 1. The van der Waals surface area contributed by atoms with Gasteiger partial charge in [-0.25, -0.2) is 13.1 Å². The van der Waals surface area contributed by atoms with E-state index in [0.717, 1.165) is 22.3 Å². The first-order valence-electron chi connectivity index (χ1n) is 11.9. The molecule has 1 aliphatic heterocycles. The number of nitrogens with two attached hydrogens (primary N) is 2. The molecule has 0 bridgehead atoms. The molecular weight excluding hydrogens is 536 g/mol. The number of rotatable bonds is 12. The Morgan fingerprint density at radius 2 is 1.97 bits per heavy atom. The van der Waals surface area contributed by atoms with E-state index in [0.29, 0.717) is 18.1 Å². The Hall–Kier alpha value is -2.58. The molecular formula is C25H33ClN4O7S. The fourth-order valence-corrected chi connectivity index (χ4v) is 5.90. The number of hydrogen-bond acceptors (Lipinski definition) is 8. The van der Waals surface area contributed by atoms with Crippen LogP contribution in [0.5, 0.6) is 0 Å². The van der Waals surface area contributed by atoms with Crippen molar-refractivity contribution in [3.05, 3.63) is 63.7 Å². The van der Waals surface area contributed by atoms with Crippen molar-refractivity contribution in [1.29, 1.82) is 0 Å². The number of hydrogen-bond donors (Lipinski definition) is 5. The summed E-state index contributed by atoms with van der Waals surface area (Å²) in [5, 5.41) is 20.6. The molecule has 3 atom stereocenters. The van der Waals surface area contributed by atoms with Gasteiger partial charge in [0.2, 0.25) is 15.9 Å². The van der Waals surface area contributed by atoms with E-state index in [2.05, 4.69) is 15.7 Å². The summed E-state index contributed by atoms with van der Waals surface area (Å²) < 4.78 is 33.6. The highest BCUT2D eigenvalue weighted by Gasteiger charge is 2.44. The van der Waals surface area contributed by atoms with Gasteiger partial charge in [-0.2, -0.15) is 0 Å². The Balaban J connectivity index is 1.64. The van der Waals surface area contributed by atoms with Crippen molar-refractivity contribution in [3.8, 4) is 0 Å². The first-order chi connectivity index (χ1) is 17.8. The van der Waals surface area contributed by atoms with Crippen LogP contribution in [-0.2, 0) is 30.9 Å². The van der Waals surface area contributed by atoms with Gasteiger partial charge in [0, 0.05) is 37.0 Å². The van der Waals surface area contributed by atoms with Crippen LogP contribution in [0.4, 0.5) is 0 Å². The standard InChI is InChI=1S/C25H33ClN4O7S/c1-15-10-18-19(13-30(2)14-20(18)21(26)11-15)16-4-3-5-17(12-16)38(35,36)29-7-9-37-8-6-25(34,24(28)33)22(31)23(27)32/h3-5,10-12,19,22,29,31,34H,6-9,13-14H2,1-2H3,(H2,27,32)(H2,28,33)/t19-,22?,25?/m0/s1. The SMILES string of the molecule is Cc1cc(Cl)c2c(c1)[C@H](c1cccc(S(=O)(=O)NCCOCCC(O)(C(N)=O)C(O)C(N)=O)c1)CN(C)C2. The van der Waals surface area contributed by atoms with Gasteiger partial charge in [0.15, 0.2) is 11.7 Å². The monoisotopic (exact) mass is 568 g/mol. The van der Waals surface area contributed by atoms with Gasteiger partial charge in [-0.3, -0.25) is 9.59 Å². The summed E-state index contributed by atoms with van der Waals surface area (Å²) in [6, 6.07) is 10.8. The van der Waals surface area contributed by atoms with Crippen molar-refractivity contribution >= 4 is 33.4 Å². The maximum absolute atomic E-state index is 12.9. The van der Waals surface area contributed by atoms with Crippen molar-refractivity contribution in [1.82, 2.24) is 9.62 Å². The van der Waals surface area contributed by atoms with Crippen LogP contribution >= 0.6 is 11.6 Å². The number of fused-ring (bicyclic) bond motifs is 1. The summed E-state index contributed by atoms with van der Waals surface area (Å²) in [5.41, 5.74) is 11.4. The number of primary amides is 2. The lowest BCUT2D eigenvalue weighted by Crippen LogP contribution is -2.58. The van der Waals surface area contributed by atoms with Crippen molar-refractivity contribution in [2.45, 2.75) is 42.4 Å². The molecule has 0 spiro atoms. The number of aliphatic hydroxyl groups is 2. The summed E-state index contributed by atoms with van der Waals surface area (Å²) in [6.07, 6.45) is -2.72. The maximum atomic E-state index is 12.9. The number of ether oxygens (including phenoxy) is 1. The summed E-state index contributed by atoms with van der Waals surface area (Å²) in [7, 11) is -1.88. The van der Waals surface area contributed by atoms with Crippen molar-refractivity contribution in [3.63, 3.8) is 0 Å². The zero-order chi connectivity index (χ0) is 28.3. The Bertz CT molecular complexity index is 1310. The minimum Gasteiger partial charge on any atom is -0.380 e. The molecule has 0 fully saturated rings. The van der Waals surface area contributed by atoms with E-state index in [9.17, 15) is 28.2 Å². The smallest absolute Gasteiger partial charge is 0.252 e. The van der Waals surface area contributed by atoms with Gasteiger partial charge in [-0.1, -0.05) is 29.8 Å². The molecule has 0 aromatic heterocycles. The second kappa shape index (κ2) is 12.1. The van der Waals surface area contributed by atoms with Crippen LogP contribution in [0.25, 0.3) is 0 Å². The third kappa shape index (κ3) is 6.70. The number of nitrogens with one attached hydrogen (secondary N) is 1. The average molecular weight is 569 g/mol. The van der Waals surface area contributed by atoms with E-state index < -0.39 is 40.0 Å². The number of amides is 2. The molecule has 1 heterocycles. The third-order valence-corrected chi connectivity index (χ3v) is 8.35. The molecule has 2 aromatic rings. The molecule has 0 aliphatic carbocycles. The maximum Gasteiger partial charge on any atom is 0.252 e. The topological polar surface area (TPSA) is 185 Å². The van der Waals surface area contributed by atoms with Gasteiger partial charge in [0.05, 0.1) is 18.1 Å². The lowest BCUT2D eigenvalue weighted by atomic mass is 9.84. The van der Waals surface area contributed by atoms with Crippen LogP contribution in [0.3, 0.4) is 0 Å². The summed E-state index contributed by atoms with van der Waals surface area (Å²) in [4.78, 5) is 24.9. The second-order valence-corrected chi connectivity index (χ2v) is 11.7. The lowest BCUT2D eigenvalue weighted by molar-refractivity contribution is -0.161. The Labute approximate surface area is 226 Å². The average Bonchev–Trinajstić information content (AvgIpc) is 2.85. The number of carbonyl (C=O) groups is 2. The van der Waals surface area contributed by atoms with E-state index in [1.54, 1.807) is 12.1 Å². The molecule has 7 N–H and O–H groups in total. The van der Waals surface area contributed by atoms with Crippen molar-refractivity contribution in [2.24, 2.45) is 11.5 Å². The highest BCUT2D eigenvalue weighted by Crippen LogP contribution is 2.37. The van der Waals surface area contributed by atoms with E-state index in [1.165, 1.54) is 6.07 Å². The van der Waals surface area contributed by atoms with Crippen molar-refractivity contribution in [2.75, 3.05) is 33.4 Å². The number of sulfonamides is 1. The molecule has 208 valence electrons. The van der Waals surface area contributed by atoms with Gasteiger partial charge < -0.3 is 31.3 Å². The predicted molar refractivity (Wildman–Crippen MR) is 141 cm³/mol. The summed E-state index contributed by atoms with van der Waals surface area (Å²) >= 11 is 6.52. The molecule has 2 amide bonds. The number of aliphatic hydroxyl groups excluding tert-OH is 1. The number of halogens is 1. The van der Waals surface area contributed by atoms with Crippen LogP contribution in [0.1, 0.15) is 34.6 Å². The largest absolute Gasteiger partial charge is 0.380 e. The van der Waals surface area contributed by atoms with E-state index in [1.807, 2.05) is 26.1 Å². The molecule has 11 nitrogen and oxygen atoms in total. The van der Waals surface area contributed by atoms with Gasteiger partial charge in [-0.05, 0) is 54.4 Å². The fraction of sp³-hybridized carbons (Fsp3) is 0.440. The Kier molecular flexibility index (Phi) is 9.52. The van der Waals surface area contributed by atoms with Crippen LogP contribution in [0, 0.1) is 6.92 Å². The molecule has 0 saturated heterocycles. The molecule has 3 rings (SSSR count). The minimum atomic E-state index is -3.88. The molecule has 2 unspecified atom stereocenters. The zero-order valence-corrected chi connectivity index (χ0v) is 22.8. The predicted octanol–water partition coefficient (Wildman–Crippen LogP) is -0.0267. The Morgan fingerprint density at radius 1 is 1.26 bits per heavy atom. The molecule has 2 aromatic carbocycles.